The van der Waals surface area contributed by atoms with Gasteiger partial charge in [-0.3, -0.25) is 9.89 Å². The fourth-order valence-electron chi connectivity index (χ4n) is 5.06. The Kier molecular flexibility index (Phi) is 5.33. The molecule has 11 heteroatoms. The first kappa shape index (κ1) is 22.4. The Balaban J connectivity index is 1.64. The van der Waals surface area contributed by atoms with Crippen LogP contribution in [-0.4, -0.2) is 48.7 Å². The lowest BCUT2D eigenvalue weighted by Crippen LogP contribution is -2.55. The van der Waals surface area contributed by atoms with Gasteiger partial charge in [0.15, 0.2) is 17.5 Å². The number of hydrogen-bond acceptors (Lipinski definition) is 7. The van der Waals surface area contributed by atoms with E-state index in [1.165, 1.54) is 12.3 Å². The van der Waals surface area contributed by atoms with Gasteiger partial charge in [0.1, 0.15) is 11.4 Å². The van der Waals surface area contributed by atoms with Crippen LogP contribution in [0.4, 0.5) is 27.7 Å². The first-order chi connectivity index (χ1) is 16.2. The van der Waals surface area contributed by atoms with Crippen molar-refractivity contribution in [1.29, 1.82) is 0 Å². The molecule has 2 atom stereocenters. The van der Waals surface area contributed by atoms with Crippen LogP contribution >= 0.6 is 0 Å². The van der Waals surface area contributed by atoms with E-state index in [0.717, 1.165) is 36.9 Å². The van der Waals surface area contributed by atoms with E-state index in [4.69, 9.17) is 15.7 Å². The first-order valence-corrected chi connectivity index (χ1v) is 11.4. The third-order valence-corrected chi connectivity index (χ3v) is 6.78. The molecule has 2 unspecified atom stereocenters. The van der Waals surface area contributed by atoms with Gasteiger partial charge in [-0.25, -0.2) is 9.47 Å². The number of aryl methyl sites for hydroxylation is 1. The smallest absolute Gasteiger partial charge is 0.337 e. The number of fused-ring (bicyclic) bond motifs is 1. The Morgan fingerprint density at radius 1 is 1.29 bits per heavy atom. The number of H-pyrrole nitrogens is 1. The molecule has 0 aromatic carbocycles. The van der Waals surface area contributed by atoms with Crippen LogP contribution in [0.1, 0.15) is 50.1 Å². The van der Waals surface area contributed by atoms with Crippen molar-refractivity contribution in [3.05, 3.63) is 47.3 Å². The Morgan fingerprint density at radius 3 is 2.79 bits per heavy atom. The molecule has 178 valence electrons. The number of primary amides is 1. The van der Waals surface area contributed by atoms with E-state index in [0.29, 0.717) is 41.9 Å². The maximum absolute atomic E-state index is 13.7. The molecule has 2 aliphatic rings. The third kappa shape index (κ3) is 3.70. The molecular weight excluding hydrogens is 439 g/mol. The van der Waals surface area contributed by atoms with Crippen molar-refractivity contribution in [1.82, 2.24) is 29.6 Å². The fraction of sp³-hybridized carbons (Fsp3) is 0.435. The number of aromatic nitrogens is 5. The number of carbonyl (C=O) groups excluding carboxylic acids is 1. The zero-order valence-corrected chi connectivity index (χ0v) is 19.2. The van der Waals surface area contributed by atoms with Crippen LogP contribution in [0.3, 0.4) is 0 Å². The molecule has 0 saturated carbocycles. The maximum atomic E-state index is 13.7. The molecule has 1 fully saturated rings. The summed E-state index contributed by atoms with van der Waals surface area (Å²) < 4.78 is 13.7. The number of rotatable bonds is 6. The average Bonchev–Trinajstić information content (AvgIpc) is 3.53. The second-order valence-corrected chi connectivity index (χ2v) is 9.49. The Morgan fingerprint density at radius 2 is 2.12 bits per heavy atom. The van der Waals surface area contributed by atoms with Gasteiger partial charge in [0.2, 0.25) is 5.95 Å². The quantitative estimate of drug-likeness (QED) is 0.322. The van der Waals surface area contributed by atoms with Gasteiger partial charge < -0.3 is 16.2 Å². The number of halogens is 1. The minimum Gasteiger partial charge on any atom is -0.384 e. The molecule has 0 spiro atoms. The molecule has 34 heavy (non-hydrogen) atoms. The number of amides is 1. The molecule has 1 saturated heterocycles. The predicted octanol–water partition coefficient (Wildman–Crippen LogP) is 2.48. The number of aliphatic hydroxyl groups is 1. The van der Waals surface area contributed by atoms with Crippen LogP contribution in [0, 0.1) is 5.95 Å². The number of quaternary nitrogens is 1. The minimum atomic E-state index is -1.07. The molecule has 0 radical (unpaired) electrons. The van der Waals surface area contributed by atoms with Gasteiger partial charge in [-0.1, -0.05) is 0 Å². The molecule has 3 aromatic heterocycles. The highest BCUT2D eigenvalue weighted by Gasteiger charge is 2.52. The predicted molar refractivity (Wildman–Crippen MR) is 124 cm³/mol. The summed E-state index contributed by atoms with van der Waals surface area (Å²) >= 11 is 0. The maximum Gasteiger partial charge on any atom is 0.337 e. The molecular formula is C23H28FN8O2+. The van der Waals surface area contributed by atoms with E-state index >= 15 is 0 Å². The van der Waals surface area contributed by atoms with Crippen molar-refractivity contribution < 1.29 is 14.3 Å². The number of nitrogens with one attached hydrogen (secondary N) is 2. The van der Waals surface area contributed by atoms with Gasteiger partial charge in [0.25, 0.3) is 5.91 Å². The van der Waals surface area contributed by atoms with Gasteiger partial charge in [-0.15, -0.1) is 0 Å². The summed E-state index contributed by atoms with van der Waals surface area (Å²) in [5.74, 6) is 0.487. The highest BCUT2D eigenvalue weighted by molar-refractivity contribution is 5.84. The van der Waals surface area contributed by atoms with E-state index in [-0.39, 0.29) is 4.48 Å². The fourth-order valence-corrected chi connectivity index (χ4v) is 5.06. The van der Waals surface area contributed by atoms with Crippen LogP contribution in [0.5, 0.6) is 0 Å². The van der Waals surface area contributed by atoms with Gasteiger partial charge in [0, 0.05) is 30.5 Å². The lowest BCUT2D eigenvalue weighted by Gasteiger charge is -2.35. The van der Waals surface area contributed by atoms with Crippen molar-refractivity contribution in [3.8, 4) is 0 Å². The highest BCUT2D eigenvalue weighted by Crippen LogP contribution is 2.43. The monoisotopic (exact) mass is 467 g/mol. The SMILES string of the molecule is CC(C)(O)c1cc(Nc2nc([N+]3(c4ccc(F)nc4)CCCC3C(N)=O)nc3c2CCC3)n[nH]1. The topological polar surface area (TPSA) is 143 Å². The molecule has 1 aliphatic heterocycles. The third-order valence-electron chi connectivity index (χ3n) is 6.78. The van der Waals surface area contributed by atoms with Gasteiger partial charge in [0.05, 0.1) is 24.1 Å². The van der Waals surface area contributed by atoms with Crippen molar-refractivity contribution in [2.24, 2.45) is 5.73 Å². The second-order valence-electron chi connectivity index (χ2n) is 9.49. The molecule has 4 heterocycles. The Bertz CT molecular complexity index is 1240. The van der Waals surface area contributed by atoms with E-state index < -0.39 is 23.5 Å². The van der Waals surface area contributed by atoms with E-state index in [9.17, 15) is 14.3 Å². The van der Waals surface area contributed by atoms with E-state index in [1.807, 2.05) is 0 Å². The van der Waals surface area contributed by atoms with Crippen molar-refractivity contribution >= 4 is 29.2 Å². The van der Waals surface area contributed by atoms with Crippen molar-refractivity contribution in [2.45, 2.75) is 57.6 Å². The summed E-state index contributed by atoms with van der Waals surface area (Å²) in [5, 5.41) is 20.7. The van der Waals surface area contributed by atoms with Crippen molar-refractivity contribution in [3.63, 3.8) is 0 Å². The zero-order chi connectivity index (χ0) is 24.1. The second kappa shape index (κ2) is 8.10. The van der Waals surface area contributed by atoms with Crippen LogP contribution in [-0.2, 0) is 23.2 Å². The molecule has 5 rings (SSSR count). The van der Waals surface area contributed by atoms with Crippen molar-refractivity contribution in [2.75, 3.05) is 11.9 Å². The standard InChI is InChI=1S/C23H27FN8O2/c1-23(2,34)17-11-19(31-30-17)28-21-14-5-3-6-15(14)27-22(29-21)32(10-4-7-16(32)20(25)33)13-8-9-18(24)26-12-13/h8-9,11-12,16,34H,3-7,10H2,1-2H3,(H3-,25,27,28,29,30,31,33)/p+1. The molecule has 1 amide bonds. The Labute approximate surface area is 196 Å². The number of pyridine rings is 1. The average molecular weight is 468 g/mol. The largest absolute Gasteiger partial charge is 0.384 e. The van der Waals surface area contributed by atoms with Crippen LogP contribution < -0.4 is 15.5 Å². The number of nitrogens with two attached hydrogens (primary N) is 1. The molecule has 0 bridgehead atoms. The van der Waals surface area contributed by atoms with Crippen LogP contribution in [0.15, 0.2) is 24.4 Å². The summed E-state index contributed by atoms with van der Waals surface area (Å²) in [6.45, 7) is 3.89. The molecule has 10 nitrogen and oxygen atoms in total. The number of carbonyl (C=O) groups is 1. The highest BCUT2D eigenvalue weighted by atomic mass is 19.1. The number of aromatic amines is 1. The number of nitrogens with zero attached hydrogens (tertiary/aromatic N) is 5. The summed E-state index contributed by atoms with van der Waals surface area (Å²) in [4.78, 5) is 26.2. The normalized spacial score (nSPS) is 22.1. The van der Waals surface area contributed by atoms with E-state index in [2.05, 4.69) is 20.5 Å². The summed E-state index contributed by atoms with van der Waals surface area (Å²) in [7, 11) is 0. The lowest BCUT2D eigenvalue weighted by atomic mass is 10.1. The van der Waals surface area contributed by atoms with E-state index in [1.54, 1.807) is 26.0 Å². The lowest BCUT2D eigenvalue weighted by molar-refractivity contribution is -0.121. The molecule has 5 N–H and O–H groups in total. The number of hydrogen-bond donors (Lipinski definition) is 4. The van der Waals surface area contributed by atoms with Gasteiger partial charge in [-0.2, -0.15) is 19.5 Å². The Hall–Kier alpha value is -3.44. The van der Waals surface area contributed by atoms with Gasteiger partial charge in [-0.05, 0) is 39.2 Å². The summed E-state index contributed by atoms with van der Waals surface area (Å²) in [6.07, 6.45) is 5.29. The van der Waals surface area contributed by atoms with Gasteiger partial charge >= 0.3 is 5.95 Å². The summed E-state index contributed by atoms with van der Waals surface area (Å²) in [5.41, 5.74) is 7.87. The van der Waals surface area contributed by atoms with Crippen LogP contribution in [0.2, 0.25) is 0 Å². The zero-order valence-electron chi connectivity index (χ0n) is 19.2. The molecule has 3 aromatic rings. The minimum absolute atomic E-state index is 0.0000594. The number of anilines is 2. The first-order valence-electron chi connectivity index (χ1n) is 11.4. The van der Waals surface area contributed by atoms with Crippen LogP contribution in [0.25, 0.3) is 0 Å². The molecule has 1 aliphatic carbocycles. The summed E-state index contributed by atoms with van der Waals surface area (Å²) in [6, 6.07) is 4.04.